The zero-order valence-corrected chi connectivity index (χ0v) is 11.5. The molecule has 0 amide bonds. The first kappa shape index (κ1) is 13.8. The standard InChI is InChI=1S/C16H15N2O2/c1-19-15-8-5-13(9-16(15)20-2)11-18-14-6-3-12(10-17)4-7-14/h3-9H,11H2,1-2H3. The van der Waals surface area contributed by atoms with Gasteiger partial charge in [-0.2, -0.15) is 5.26 Å². The van der Waals surface area contributed by atoms with Crippen molar-refractivity contribution in [1.29, 1.82) is 5.26 Å². The summed E-state index contributed by atoms with van der Waals surface area (Å²) in [6.07, 6.45) is 0. The summed E-state index contributed by atoms with van der Waals surface area (Å²) in [4.78, 5) is 0. The van der Waals surface area contributed by atoms with Gasteiger partial charge < -0.3 is 9.47 Å². The summed E-state index contributed by atoms with van der Waals surface area (Å²) in [6.45, 7) is 0.548. The topological polar surface area (TPSA) is 56.4 Å². The van der Waals surface area contributed by atoms with Gasteiger partial charge in [-0.15, -0.1) is 0 Å². The van der Waals surface area contributed by atoms with Gasteiger partial charge in [-0.3, -0.25) is 5.32 Å². The molecule has 0 saturated heterocycles. The van der Waals surface area contributed by atoms with Gasteiger partial charge >= 0.3 is 0 Å². The van der Waals surface area contributed by atoms with Gasteiger partial charge in [-0.25, -0.2) is 0 Å². The van der Waals surface area contributed by atoms with E-state index in [1.807, 2.05) is 30.3 Å². The lowest BCUT2D eigenvalue weighted by molar-refractivity contribution is 0.354. The summed E-state index contributed by atoms with van der Waals surface area (Å²) in [5.41, 5.74) is 2.51. The second-order valence-corrected chi connectivity index (χ2v) is 4.16. The molecule has 0 aliphatic heterocycles. The first-order chi connectivity index (χ1) is 9.76. The van der Waals surface area contributed by atoms with Crippen molar-refractivity contribution in [2.75, 3.05) is 14.2 Å². The van der Waals surface area contributed by atoms with Crippen LogP contribution in [0, 0.1) is 11.3 Å². The van der Waals surface area contributed by atoms with Crippen LogP contribution in [-0.4, -0.2) is 14.2 Å². The third-order valence-electron chi connectivity index (χ3n) is 2.89. The molecular weight excluding hydrogens is 252 g/mol. The van der Waals surface area contributed by atoms with Gasteiger partial charge in [-0.05, 0) is 42.0 Å². The minimum absolute atomic E-state index is 0.548. The molecule has 2 aromatic rings. The number of nitrogens with zero attached hydrogens (tertiary/aromatic N) is 2. The molecule has 0 atom stereocenters. The van der Waals surface area contributed by atoms with Gasteiger partial charge in [0.15, 0.2) is 11.5 Å². The Hall–Kier alpha value is -2.67. The van der Waals surface area contributed by atoms with E-state index in [0.717, 1.165) is 11.3 Å². The molecule has 0 aliphatic rings. The van der Waals surface area contributed by atoms with E-state index in [-0.39, 0.29) is 0 Å². The van der Waals surface area contributed by atoms with Crippen molar-refractivity contribution in [2.45, 2.75) is 6.54 Å². The second kappa shape index (κ2) is 6.48. The van der Waals surface area contributed by atoms with Crippen molar-refractivity contribution >= 4 is 5.69 Å². The summed E-state index contributed by atoms with van der Waals surface area (Å²) in [7, 11) is 3.22. The molecule has 2 aromatic carbocycles. The fraction of sp³-hybridized carbons (Fsp3) is 0.188. The quantitative estimate of drug-likeness (QED) is 0.836. The first-order valence-corrected chi connectivity index (χ1v) is 6.15. The van der Waals surface area contributed by atoms with Crippen molar-refractivity contribution in [3.05, 3.63) is 53.6 Å². The Bertz CT molecular complexity index is 615. The summed E-state index contributed by atoms with van der Waals surface area (Å²) in [5, 5.41) is 13.2. The van der Waals surface area contributed by atoms with Crippen LogP contribution in [0.4, 0.5) is 5.69 Å². The fourth-order valence-corrected chi connectivity index (χ4v) is 1.80. The fourth-order valence-electron chi connectivity index (χ4n) is 1.80. The molecule has 0 saturated carbocycles. The van der Waals surface area contributed by atoms with E-state index in [9.17, 15) is 0 Å². The van der Waals surface area contributed by atoms with Crippen molar-refractivity contribution in [3.8, 4) is 17.6 Å². The third-order valence-corrected chi connectivity index (χ3v) is 2.89. The van der Waals surface area contributed by atoms with Crippen LogP contribution < -0.4 is 14.8 Å². The van der Waals surface area contributed by atoms with Crippen molar-refractivity contribution in [3.63, 3.8) is 0 Å². The molecule has 0 unspecified atom stereocenters. The number of ether oxygens (including phenoxy) is 2. The highest BCUT2D eigenvalue weighted by Gasteiger charge is 2.05. The SMILES string of the molecule is COc1ccc(C[N]c2ccc(C#N)cc2)cc1OC. The van der Waals surface area contributed by atoms with E-state index >= 15 is 0 Å². The summed E-state index contributed by atoms with van der Waals surface area (Å²) >= 11 is 0. The largest absolute Gasteiger partial charge is 0.493 e. The Labute approximate surface area is 118 Å². The third kappa shape index (κ3) is 3.21. The van der Waals surface area contributed by atoms with Crippen LogP contribution in [0.2, 0.25) is 0 Å². The van der Waals surface area contributed by atoms with Gasteiger partial charge in [-0.1, -0.05) is 6.07 Å². The molecular formula is C16H15N2O2. The van der Waals surface area contributed by atoms with Gasteiger partial charge in [0.1, 0.15) is 0 Å². The molecule has 0 spiro atoms. The smallest absolute Gasteiger partial charge is 0.161 e. The monoisotopic (exact) mass is 267 g/mol. The lowest BCUT2D eigenvalue weighted by Gasteiger charge is -2.09. The van der Waals surface area contributed by atoms with Gasteiger partial charge in [0, 0.05) is 0 Å². The molecule has 0 bridgehead atoms. The van der Waals surface area contributed by atoms with E-state index in [1.165, 1.54) is 0 Å². The molecule has 0 aliphatic carbocycles. The summed E-state index contributed by atoms with van der Waals surface area (Å²) in [6, 6.07) is 15.0. The maximum absolute atomic E-state index is 8.74. The minimum Gasteiger partial charge on any atom is -0.493 e. The molecule has 0 fully saturated rings. The maximum atomic E-state index is 8.74. The van der Waals surface area contributed by atoms with E-state index < -0.39 is 0 Å². The van der Waals surface area contributed by atoms with Crippen LogP contribution >= 0.6 is 0 Å². The molecule has 4 heteroatoms. The van der Waals surface area contributed by atoms with E-state index in [2.05, 4.69) is 11.4 Å². The zero-order chi connectivity index (χ0) is 14.4. The number of methoxy groups -OCH3 is 2. The minimum atomic E-state index is 0.548. The number of benzene rings is 2. The highest BCUT2D eigenvalue weighted by Crippen LogP contribution is 2.27. The molecule has 0 aromatic heterocycles. The van der Waals surface area contributed by atoms with Crippen LogP contribution in [0.3, 0.4) is 0 Å². The Morgan fingerprint density at radius 3 is 2.30 bits per heavy atom. The normalized spacial score (nSPS) is 9.65. The van der Waals surface area contributed by atoms with Gasteiger partial charge in [0.2, 0.25) is 0 Å². The van der Waals surface area contributed by atoms with Crippen molar-refractivity contribution in [1.82, 2.24) is 5.32 Å². The molecule has 0 heterocycles. The second-order valence-electron chi connectivity index (χ2n) is 4.16. The summed E-state index contributed by atoms with van der Waals surface area (Å²) < 4.78 is 10.4. The lowest BCUT2D eigenvalue weighted by atomic mass is 10.2. The maximum Gasteiger partial charge on any atom is 0.161 e. The van der Waals surface area contributed by atoms with Crippen molar-refractivity contribution < 1.29 is 9.47 Å². The Morgan fingerprint density at radius 2 is 1.70 bits per heavy atom. The highest BCUT2D eigenvalue weighted by atomic mass is 16.5. The number of nitriles is 1. The van der Waals surface area contributed by atoms with Gasteiger partial charge in [0.25, 0.3) is 0 Å². The zero-order valence-electron chi connectivity index (χ0n) is 11.5. The Morgan fingerprint density at radius 1 is 1.00 bits per heavy atom. The molecule has 101 valence electrons. The van der Waals surface area contributed by atoms with E-state index in [4.69, 9.17) is 14.7 Å². The van der Waals surface area contributed by atoms with E-state index in [0.29, 0.717) is 23.6 Å². The molecule has 20 heavy (non-hydrogen) atoms. The van der Waals surface area contributed by atoms with Crippen LogP contribution in [0.5, 0.6) is 11.5 Å². The molecule has 4 nitrogen and oxygen atoms in total. The predicted molar refractivity (Wildman–Crippen MR) is 76.2 cm³/mol. The average molecular weight is 267 g/mol. The van der Waals surface area contributed by atoms with Crippen LogP contribution in [0.25, 0.3) is 0 Å². The molecule has 2 rings (SSSR count). The average Bonchev–Trinajstić information content (AvgIpc) is 2.53. The Balaban J connectivity index is 2.05. The first-order valence-electron chi connectivity index (χ1n) is 6.15. The number of hydrogen-bond donors (Lipinski definition) is 0. The van der Waals surface area contributed by atoms with Crippen LogP contribution in [0.1, 0.15) is 11.1 Å². The van der Waals surface area contributed by atoms with Crippen LogP contribution in [-0.2, 0) is 6.54 Å². The van der Waals surface area contributed by atoms with E-state index in [1.54, 1.807) is 26.4 Å². The highest BCUT2D eigenvalue weighted by molar-refractivity contribution is 5.45. The Kier molecular flexibility index (Phi) is 4.46. The predicted octanol–water partition coefficient (Wildman–Crippen LogP) is 3.01. The summed E-state index contributed by atoms with van der Waals surface area (Å²) in [5.74, 6) is 1.40. The lowest BCUT2D eigenvalue weighted by Crippen LogP contribution is -1.99. The van der Waals surface area contributed by atoms with Gasteiger partial charge in [0.05, 0.1) is 38.1 Å². The van der Waals surface area contributed by atoms with Crippen molar-refractivity contribution in [2.24, 2.45) is 0 Å². The number of hydrogen-bond acceptors (Lipinski definition) is 3. The molecule has 0 N–H and O–H groups in total. The van der Waals surface area contributed by atoms with Crippen LogP contribution in [0.15, 0.2) is 42.5 Å². The number of rotatable bonds is 5. The molecule has 1 radical (unpaired) electrons.